The first-order valence-electron chi connectivity index (χ1n) is 6.94. The number of amides is 4. The van der Waals surface area contributed by atoms with E-state index in [0.29, 0.717) is 0 Å². The van der Waals surface area contributed by atoms with Crippen LogP contribution in [-0.2, 0) is 19.1 Å². The molecule has 2 rings (SSSR count). The summed E-state index contributed by atoms with van der Waals surface area (Å²) in [5.41, 5.74) is 0. The van der Waals surface area contributed by atoms with Crippen LogP contribution in [0.15, 0.2) is 0 Å². The molecule has 1 saturated heterocycles. The summed E-state index contributed by atoms with van der Waals surface area (Å²) in [6.45, 7) is 1.47. The molecular formula is C13H19N3O5. The predicted octanol–water partition coefficient (Wildman–Crippen LogP) is -0.565. The Hall–Kier alpha value is -2.12. The van der Waals surface area contributed by atoms with E-state index in [2.05, 4.69) is 0 Å². The van der Waals surface area contributed by atoms with Gasteiger partial charge in [-0.3, -0.25) is 19.3 Å². The summed E-state index contributed by atoms with van der Waals surface area (Å²) in [6.07, 6.45) is 1.65. The van der Waals surface area contributed by atoms with Crippen molar-refractivity contribution in [3.05, 3.63) is 0 Å². The molecular weight excluding hydrogens is 278 g/mol. The third-order valence-electron chi connectivity index (χ3n) is 3.44. The highest BCUT2D eigenvalue weighted by atomic mass is 16.5. The van der Waals surface area contributed by atoms with Crippen LogP contribution in [0.4, 0.5) is 4.79 Å². The van der Waals surface area contributed by atoms with Gasteiger partial charge in [-0.1, -0.05) is 0 Å². The monoisotopic (exact) mass is 297 g/mol. The molecule has 1 heterocycles. The number of nitrogens with zero attached hydrogens (tertiary/aromatic N) is 3. The van der Waals surface area contributed by atoms with Crippen molar-refractivity contribution in [2.75, 3.05) is 33.3 Å². The van der Waals surface area contributed by atoms with Gasteiger partial charge >= 0.3 is 12.0 Å². The lowest BCUT2D eigenvalue weighted by Crippen LogP contribution is -2.46. The van der Waals surface area contributed by atoms with Gasteiger partial charge in [0, 0.05) is 13.1 Å². The molecule has 8 heteroatoms. The number of carbonyl (C=O) groups excluding carboxylic acids is 4. The van der Waals surface area contributed by atoms with Crippen molar-refractivity contribution in [2.24, 2.45) is 0 Å². The smallest absolute Gasteiger partial charge is 0.327 e. The molecule has 0 unspecified atom stereocenters. The van der Waals surface area contributed by atoms with E-state index in [-0.39, 0.29) is 32.3 Å². The first-order valence-corrected chi connectivity index (χ1v) is 6.94. The second-order valence-corrected chi connectivity index (χ2v) is 5.18. The second-order valence-electron chi connectivity index (χ2n) is 5.18. The number of urea groups is 1. The van der Waals surface area contributed by atoms with Gasteiger partial charge in [0.05, 0.1) is 6.61 Å². The van der Waals surface area contributed by atoms with Gasteiger partial charge < -0.3 is 14.5 Å². The predicted molar refractivity (Wildman–Crippen MR) is 71.1 cm³/mol. The molecule has 0 N–H and O–H groups in total. The van der Waals surface area contributed by atoms with Crippen molar-refractivity contribution < 1.29 is 23.9 Å². The van der Waals surface area contributed by atoms with Gasteiger partial charge in [-0.15, -0.1) is 0 Å². The quantitative estimate of drug-likeness (QED) is 0.484. The summed E-state index contributed by atoms with van der Waals surface area (Å²) in [5, 5.41) is 0. The largest absolute Gasteiger partial charge is 0.465 e. The molecule has 0 aromatic rings. The topological polar surface area (TPSA) is 87.2 Å². The summed E-state index contributed by atoms with van der Waals surface area (Å²) >= 11 is 0. The van der Waals surface area contributed by atoms with Gasteiger partial charge in [-0.2, -0.15) is 0 Å². The lowest BCUT2D eigenvalue weighted by molar-refractivity contribution is -0.149. The maximum Gasteiger partial charge on any atom is 0.327 e. The van der Waals surface area contributed by atoms with E-state index in [1.54, 1.807) is 6.92 Å². The first-order chi connectivity index (χ1) is 9.93. The zero-order valence-corrected chi connectivity index (χ0v) is 12.2. The average molecular weight is 297 g/mol. The summed E-state index contributed by atoms with van der Waals surface area (Å²) < 4.78 is 4.84. The number of carbonyl (C=O) groups is 4. The average Bonchev–Trinajstić information content (AvgIpc) is 3.22. The molecule has 0 aromatic heterocycles. The van der Waals surface area contributed by atoms with Gasteiger partial charge in [0.2, 0.25) is 5.91 Å². The fourth-order valence-electron chi connectivity index (χ4n) is 2.20. The molecule has 8 nitrogen and oxygen atoms in total. The van der Waals surface area contributed by atoms with E-state index in [4.69, 9.17) is 4.74 Å². The first kappa shape index (κ1) is 15.3. The molecule has 0 spiro atoms. The molecule has 1 saturated carbocycles. The van der Waals surface area contributed by atoms with Crippen molar-refractivity contribution in [1.29, 1.82) is 0 Å². The molecule has 21 heavy (non-hydrogen) atoms. The van der Waals surface area contributed by atoms with Crippen LogP contribution in [0.3, 0.4) is 0 Å². The Kier molecular flexibility index (Phi) is 4.44. The fourth-order valence-corrected chi connectivity index (χ4v) is 2.20. The molecule has 1 aliphatic heterocycles. The summed E-state index contributed by atoms with van der Waals surface area (Å²) in [5.74, 6) is -1.28. The minimum atomic E-state index is -0.486. The fraction of sp³-hybridized carbons (Fsp3) is 0.692. The van der Waals surface area contributed by atoms with Crippen LogP contribution in [0.1, 0.15) is 19.8 Å². The summed E-state index contributed by atoms with van der Waals surface area (Å²) in [6, 6.07) is -0.479. The lowest BCUT2D eigenvalue weighted by atomic mass is 10.4. The number of imide groups is 1. The zero-order valence-electron chi connectivity index (χ0n) is 12.2. The standard InChI is InChI=1S/C13H19N3O5/c1-3-21-12(19)8-15(9-4-5-9)11(18)7-16-10(17)6-14(2)13(16)20/h9H,3-8H2,1-2H3. The van der Waals surface area contributed by atoms with Crippen LogP contribution in [0.2, 0.25) is 0 Å². The summed E-state index contributed by atoms with van der Waals surface area (Å²) in [7, 11) is 1.50. The molecule has 0 bridgehead atoms. The number of likely N-dealkylation sites (N-methyl/N-ethyl adjacent to an activating group) is 1. The number of rotatable bonds is 6. The van der Waals surface area contributed by atoms with Gasteiger partial charge in [-0.25, -0.2) is 4.79 Å². The van der Waals surface area contributed by atoms with Crippen LogP contribution in [-0.4, -0.2) is 77.8 Å². The number of hydrogen-bond acceptors (Lipinski definition) is 5. The lowest BCUT2D eigenvalue weighted by Gasteiger charge is -2.23. The van der Waals surface area contributed by atoms with Crippen molar-refractivity contribution in [3.8, 4) is 0 Å². The van der Waals surface area contributed by atoms with Crippen LogP contribution >= 0.6 is 0 Å². The van der Waals surface area contributed by atoms with E-state index in [9.17, 15) is 19.2 Å². The Morgan fingerprint density at radius 3 is 2.48 bits per heavy atom. The van der Waals surface area contributed by atoms with E-state index < -0.39 is 23.8 Å². The van der Waals surface area contributed by atoms with Crippen LogP contribution < -0.4 is 0 Å². The third kappa shape index (κ3) is 3.50. The third-order valence-corrected chi connectivity index (χ3v) is 3.44. The second kappa shape index (κ2) is 6.11. The van der Waals surface area contributed by atoms with E-state index in [1.165, 1.54) is 16.8 Å². The normalized spacial score (nSPS) is 18.2. The minimum Gasteiger partial charge on any atom is -0.465 e. The number of hydrogen-bond donors (Lipinski definition) is 0. The molecule has 0 radical (unpaired) electrons. The molecule has 0 aromatic carbocycles. The van der Waals surface area contributed by atoms with Crippen LogP contribution in [0.25, 0.3) is 0 Å². The Balaban J connectivity index is 1.97. The zero-order chi connectivity index (χ0) is 15.6. The molecule has 2 fully saturated rings. The number of ether oxygens (including phenoxy) is 1. The maximum atomic E-state index is 12.3. The molecule has 2 aliphatic rings. The van der Waals surface area contributed by atoms with E-state index in [0.717, 1.165) is 17.7 Å². The van der Waals surface area contributed by atoms with Crippen LogP contribution in [0.5, 0.6) is 0 Å². The van der Waals surface area contributed by atoms with Gasteiger partial charge in [0.15, 0.2) is 0 Å². The van der Waals surface area contributed by atoms with Crippen LogP contribution in [0, 0.1) is 0 Å². The SMILES string of the molecule is CCOC(=O)CN(C(=O)CN1C(=O)CN(C)C1=O)C1CC1. The maximum absolute atomic E-state index is 12.3. The van der Waals surface area contributed by atoms with E-state index in [1.807, 2.05) is 0 Å². The highest BCUT2D eigenvalue weighted by Gasteiger charge is 2.39. The summed E-state index contributed by atoms with van der Waals surface area (Å²) in [4.78, 5) is 50.8. The van der Waals surface area contributed by atoms with Crippen molar-refractivity contribution >= 4 is 23.8 Å². The van der Waals surface area contributed by atoms with Crippen molar-refractivity contribution in [3.63, 3.8) is 0 Å². The Bertz CT molecular complexity index is 474. The molecule has 1 aliphatic carbocycles. The van der Waals surface area contributed by atoms with Crippen molar-refractivity contribution in [2.45, 2.75) is 25.8 Å². The highest BCUT2D eigenvalue weighted by Crippen LogP contribution is 2.27. The molecule has 0 atom stereocenters. The molecule has 4 amide bonds. The Labute approximate surface area is 122 Å². The highest BCUT2D eigenvalue weighted by molar-refractivity contribution is 6.04. The minimum absolute atomic E-state index is 0.00689. The van der Waals surface area contributed by atoms with Gasteiger partial charge in [0.1, 0.15) is 19.6 Å². The molecule has 116 valence electrons. The van der Waals surface area contributed by atoms with E-state index >= 15 is 0 Å². The van der Waals surface area contributed by atoms with Gasteiger partial charge in [0.25, 0.3) is 5.91 Å². The van der Waals surface area contributed by atoms with Gasteiger partial charge in [-0.05, 0) is 19.8 Å². The Morgan fingerprint density at radius 1 is 1.33 bits per heavy atom. The Morgan fingerprint density at radius 2 is 2.00 bits per heavy atom. The number of esters is 1. The van der Waals surface area contributed by atoms with Crippen molar-refractivity contribution in [1.82, 2.24) is 14.7 Å².